The van der Waals surface area contributed by atoms with Gasteiger partial charge in [-0.15, -0.1) is 0 Å². The molecule has 30 heavy (non-hydrogen) atoms. The van der Waals surface area contributed by atoms with Gasteiger partial charge in [-0.05, 0) is 30.4 Å². The number of fused-ring (bicyclic) bond motifs is 1. The number of rotatable bonds is 5. The minimum atomic E-state index is -3.83. The first-order valence-electron chi connectivity index (χ1n) is 9.32. The molecule has 158 valence electrons. The fourth-order valence-corrected chi connectivity index (χ4v) is 5.55. The highest BCUT2D eigenvalue weighted by molar-refractivity contribution is 7.89. The summed E-state index contributed by atoms with van der Waals surface area (Å²) in [4.78, 5) is 3.97. The van der Waals surface area contributed by atoms with Crippen LogP contribution in [0.2, 0.25) is 0 Å². The Bertz CT molecular complexity index is 1220. The zero-order chi connectivity index (χ0) is 21.5. The number of nitriles is 1. The van der Waals surface area contributed by atoms with Gasteiger partial charge in [0.15, 0.2) is 5.65 Å². The molecule has 1 saturated heterocycles. The van der Waals surface area contributed by atoms with E-state index in [0.717, 1.165) is 0 Å². The van der Waals surface area contributed by atoms with E-state index >= 15 is 0 Å². The van der Waals surface area contributed by atoms with E-state index in [9.17, 15) is 17.2 Å². The molecule has 0 atom stereocenters. The van der Waals surface area contributed by atoms with Crippen LogP contribution in [-0.2, 0) is 23.5 Å². The van der Waals surface area contributed by atoms with Gasteiger partial charge in [0.05, 0.1) is 24.4 Å². The van der Waals surface area contributed by atoms with E-state index in [1.807, 2.05) is 6.07 Å². The van der Waals surface area contributed by atoms with E-state index in [1.165, 1.54) is 32.1 Å². The van der Waals surface area contributed by atoms with Crippen molar-refractivity contribution in [2.75, 3.05) is 13.1 Å². The van der Waals surface area contributed by atoms with Gasteiger partial charge in [-0.2, -0.15) is 19.8 Å². The summed E-state index contributed by atoms with van der Waals surface area (Å²) in [6.45, 7) is 0.373. The van der Waals surface area contributed by atoms with Crippen LogP contribution in [0.3, 0.4) is 0 Å². The van der Waals surface area contributed by atoms with Crippen molar-refractivity contribution in [1.82, 2.24) is 28.7 Å². The summed E-state index contributed by atoms with van der Waals surface area (Å²) >= 11 is 0. The number of aromatic nitrogens is 5. The summed E-state index contributed by atoms with van der Waals surface area (Å²) in [6, 6.07) is 3.29. The Kier molecular flexibility index (Phi) is 5.25. The lowest BCUT2D eigenvalue weighted by Gasteiger charge is -2.32. The molecule has 1 aliphatic rings. The molecule has 0 aromatic carbocycles. The zero-order valence-electron chi connectivity index (χ0n) is 16.1. The molecule has 3 aromatic heterocycles. The molecule has 0 spiro atoms. The lowest BCUT2D eigenvalue weighted by atomic mass is 9.88. The standard InChI is InChI=1S/C18H19F2N7O2S/c1-25-15(2-5-21)16(9-23-25)30(28,29)26-6-3-12(4-7-26)14-10-27-17(22-11-24-27)8-13(14)18(19)20/h8-12,18H,2-4,6-7H2,1H3. The minimum absolute atomic E-state index is 0.0160. The van der Waals surface area contributed by atoms with Crippen LogP contribution < -0.4 is 0 Å². The lowest BCUT2D eigenvalue weighted by Crippen LogP contribution is -2.38. The van der Waals surface area contributed by atoms with Gasteiger partial charge in [0.2, 0.25) is 10.0 Å². The van der Waals surface area contributed by atoms with Crippen LogP contribution in [0.15, 0.2) is 29.7 Å². The van der Waals surface area contributed by atoms with Crippen LogP contribution in [-0.4, -0.2) is 50.2 Å². The molecule has 4 heterocycles. The summed E-state index contributed by atoms with van der Waals surface area (Å²) in [5, 5.41) is 17.0. The van der Waals surface area contributed by atoms with Gasteiger partial charge in [0, 0.05) is 31.9 Å². The lowest BCUT2D eigenvalue weighted by molar-refractivity contribution is 0.148. The molecule has 9 nitrogen and oxygen atoms in total. The van der Waals surface area contributed by atoms with Gasteiger partial charge >= 0.3 is 0 Å². The van der Waals surface area contributed by atoms with E-state index in [4.69, 9.17) is 5.26 Å². The average molecular weight is 435 g/mol. The van der Waals surface area contributed by atoms with Gasteiger partial charge in [0.25, 0.3) is 6.43 Å². The first-order valence-corrected chi connectivity index (χ1v) is 10.8. The normalized spacial score (nSPS) is 16.4. The Morgan fingerprint density at radius 3 is 2.70 bits per heavy atom. The largest absolute Gasteiger partial charge is 0.270 e. The maximum atomic E-state index is 13.6. The molecule has 0 radical (unpaired) electrons. The van der Waals surface area contributed by atoms with Crippen LogP contribution in [0, 0.1) is 11.3 Å². The molecule has 0 saturated carbocycles. The summed E-state index contributed by atoms with van der Waals surface area (Å²) in [6.07, 6.45) is 2.17. The van der Waals surface area contributed by atoms with Crippen LogP contribution in [0.25, 0.3) is 5.65 Å². The summed E-state index contributed by atoms with van der Waals surface area (Å²) < 4.78 is 57.6. The predicted octanol–water partition coefficient (Wildman–Crippen LogP) is 2.03. The highest BCUT2D eigenvalue weighted by Crippen LogP contribution is 2.36. The third kappa shape index (κ3) is 3.44. The summed E-state index contributed by atoms with van der Waals surface area (Å²) in [7, 11) is -2.24. The van der Waals surface area contributed by atoms with E-state index in [-0.39, 0.29) is 35.9 Å². The molecule has 0 unspecified atom stereocenters. The van der Waals surface area contributed by atoms with Crippen molar-refractivity contribution in [3.63, 3.8) is 0 Å². The quantitative estimate of drug-likeness (QED) is 0.607. The smallest absolute Gasteiger partial charge is 0.264 e. The maximum Gasteiger partial charge on any atom is 0.264 e. The van der Waals surface area contributed by atoms with E-state index < -0.39 is 16.4 Å². The molecule has 0 bridgehead atoms. The molecule has 12 heteroatoms. The maximum absolute atomic E-state index is 13.6. The molecule has 1 aliphatic heterocycles. The van der Waals surface area contributed by atoms with Crippen molar-refractivity contribution in [1.29, 1.82) is 5.26 Å². The third-order valence-corrected chi connectivity index (χ3v) is 7.44. The summed E-state index contributed by atoms with van der Waals surface area (Å²) in [5.41, 5.74) is 1.04. The second kappa shape index (κ2) is 7.73. The highest BCUT2D eigenvalue weighted by atomic mass is 32.2. The number of hydrogen-bond donors (Lipinski definition) is 0. The highest BCUT2D eigenvalue weighted by Gasteiger charge is 2.34. The van der Waals surface area contributed by atoms with Gasteiger partial charge < -0.3 is 0 Å². The Labute approximate surface area is 171 Å². The van der Waals surface area contributed by atoms with Crippen LogP contribution in [0.1, 0.15) is 42.0 Å². The molecular formula is C18H19F2N7O2S. The van der Waals surface area contributed by atoms with E-state index in [0.29, 0.717) is 29.7 Å². The van der Waals surface area contributed by atoms with Gasteiger partial charge in [-0.3, -0.25) is 4.68 Å². The third-order valence-electron chi connectivity index (χ3n) is 5.50. The second-order valence-corrected chi connectivity index (χ2v) is 9.05. The van der Waals surface area contributed by atoms with Crippen molar-refractivity contribution in [2.24, 2.45) is 7.05 Å². The first kappa shape index (κ1) is 20.4. The first-order chi connectivity index (χ1) is 14.3. The fourth-order valence-electron chi connectivity index (χ4n) is 3.90. The summed E-state index contributed by atoms with van der Waals surface area (Å²) in [5.74, 6) is -0.221. The zero-order valence-corrected chi connectivity index (χ0v) is 16.9. The van der Waals surface area contributed by atoms with Gasteiger partial charge in [-0.1, -0.05) is 0 Å². The number of halogens is 2. The number of pyridine rings is 1. The SMILES string of the molecule is Cn1ncc(S(=O)(=O)N2CCC(c3cn4ncnc4cc3C(F)F)CC2)c1CC#N. The van der Waals surface area contributed by atoms with Crippen molar-refractivity contribution < 1.29 is 17.2 Å². The fraction of sp³-hybridized carbons (Fsp3) is 0.444. The predicted molar refractivity (Wildman–Crippen MR) is 101 cm³/mol. The molecule has 3 aromatic rings. The van der Waals surface area contributed by atoms with Crippen LogP contribution >= 0.6 is 0 Å². The van der Waals surface area contributed by atoms with E-state index in [2.05, 4.69) is 15.2 Å². The van der Waals surface area contributed by atoms with Crippen molar-refractivity contribution >= 4 is 15.7 Å². The Morgan fingerprint density at radius 1 is 1.30 bits per heavy atom. The number of hydrogen-bond acceptors (Lipinski definition) is 6. The second-order valence-electron chi connectivity index (χ2n) is 7.14. The van der Waals surface area contributed by atoms with Crippen LogP contribution in [0.5, 0.6) is 0 Å². The molecule has 4 rings (SSSR count). The molecule has 0 aliphatic carbocycles. The number of alkyl halides is 2. The number of nitrogens with zero attached hydrogens (tertiary/aromatic N) is 7. The number of sulfonamides is 1. The Balaban J connectivity index is 1.58. The topological polar surface area (TPSA) is 109 Å². The van der Waals surface area contributed by atoms with Crippen molar-refractivity contribution in [3.8, 4) is 6.07 Å². The minimum Gasteiger partial charge on any atom is -0.270 e. The van der Waals surface area contributed by atoms with Gasteiger partial charge in [0.1, 0.15) is 11.2 Å². The molecule has 0 N–H and O–H groups in total. The monoisotopic (exact) mass is 435 g/mol. The molecule has 1 fully saturated rings. The van der Waals surface area contributed by atoms with E-state index in [1.54, 1.807) is 13.2 Å². The van der Waals surface area contributed by atoms with Gasteiger partial charge in [-0.25, -0.2) is 26.7 Å². The number of piperidine rings is 1. The molecular weight excluding hydrogens is 416 g/mol. The van der Waals surface area contributed by atoms with Crippen molar-refractivity contribution in [3.05, 3.63) is 41.6 Å². The van der Waals surface area contributed by atoms with Crippen molar-refractivity contribution in [2.45, 2.75) is 36.5 Å². The average Bonchev–Trinajstić information content (AvgIpc) is 3.34. The number of aryl methyl sites for hydroxylation is 1. The Morgan fingerprint density at radius 2 is 2.03 bits per heavy atom. The van der Waals surface area contributed by atoms with Crippen LogP contribution in [0.4, 0.5) is 8.78 Å². The Hall–Kier alpha value is -2.91. The molecule has 0 amide bonds.